The zero-order valence-corrected chi connectivity index (χ0v) is 14.6. The fraction of sp³-hybridized carbons (Fsp3) is 0.316. The van der Waals surface area contributed by atoms with Gasteiger partial charge in [0.05, 0.1) is 27.0 Å². The predicted octanol–water partition coefficient (Wildman–Crippen LogP) is 2.27. The van der Waals surface area contributed by atoms with Crippen molar-refractivity contribution in [1.82, 2.24) is 0 Å². The Morgan fingerprint density at radius 2 is 1.76 bits per heavy atom. The number of hydrogen-bond donors (Lipinski definition) is 2. The molecule has 3 rings (SSSR count). The Morgan fingerprint density at radius 3 is 2.40 bits per heavy atom. The summed E-state index contributed by atoms with van der Waals surface area (Å²) in [5, 5.41) is 0. The van der Waals surface area contributed by atoms with E-state index in [1.165, 1.54) is 6.07 Å². The van der Waals surface area contributed by atoms with E-state index in [1.807, 2.05) is 12.1 Å². The lowest BCUT2D eigenvalue weighted by molar-refractivity contribution is 0.324. The Kier molecular flexibility index (Phi) is 4.55. The van der Waals surface area contributed by atoms with Crippen LogP contribution >= 0.6 is 0 Å². The number of methoxy groups -OCH3 is 3. The number of rotatable bonds is 3. The van der Waals surface area contributed by atoms with E-state index >= 15 is 0 Å². The first-order valence-corrected chi connectivity index (χ1v) is 8.03. The molecule has 0 radical (unpaired) electrons. The number of anilines is 1. The molecule has 2 aromatic carbocycles. The number of nitrogen functional groups attached to an aromatic ring is 1. The van der Waals surface area contributed by atoms with Crippen molar-refractivity contribution in [2.45, 2.75) is 18.9 Å². The van der Waals surface area contributed by atoms with Gasteiger partial charge in [0.2, 0.25) is 11.2 Å². The average molecular weight is 342 g/mol. The van der Waals surface area contributed by atoms with Crippen molar-refractivity contribution in [3.05, 3.63) is 45.6 Å². The van der Waals surface area contributed by atoms with Crippen LogP contribution in [0.2, 0.25) is 0 Å². The highest BCUT2D eigenvalue weighted by Gasteiger charge is 2.27. The lowest BCUT2D eigenvalue weighted by Crippen LogP contribution is -2.12. The van der Waals surface area contributed by atoms with Crippen molar-refractivity contribution < 1.29 is 14.2 Å². The molecule has 0 saturated carbocycles. The molecule has 0 aliphatic heterocycles. The molecule has 0 spiro atoms. The van der Waals surface area contributed by atoms with Crippen molar-refractivity contribution in [2.75, 3.05) is 27.1 Å². The Balaban J connectivity index is 2.45. The number of ether oxygens (including phenoxy) is 3. The van der Waals surface area contributed by atoms with E-state index in [-0.39, 0.29) is 17.2 Å². The third-order valence-corrected chi connectivity index (χ3v) is 4.62. The van der Waals surface area contributed by atoms with Crippen LogP contribution in [0.25, 0.3) is 11.1 Å². The number of benzene rings is 1. The minimum Gasteiger partial charge on any atom is -0.493 e. The molecular formula is C19H22N2O4. The van der Waals surface area contributed by atoms with E-state index in [1.54, 1.807) is 27.4 Å². The molecule has 4 N–H and O–H groups in total. The first kappa shape index (κ1) is 17.1. The highest BCUT2D eigenvalue weighted by molar-refractivity contribution is 5.82. The van der Waals surface area contributed by atoms with Crippen molar-refractivity contribution >= 4 is 5.69 Å². The molecule has 0 amide bonds. The first-order valence-electron chi connectivity index (χ1n) is 8.03. The van der Waals surface area contributed by atoms with Gasteiger partial charge < -0.3 is 25.7 Å². The smallest absolute Gasteiger partial charge is 0.203 e. The topological polar surface area (TPSA) is 96.8 Å². The lowest BCUT2D eigenvalue weighted by Gasteiger charge is -2.19. The van der Waals surface area contributed by atoms with Gasteiger partial charge in [-0.2, -0.15) is 0 Å². The predicted molar refractivity (Wildman–Crippen MR) is 97.5 cm³/mol. The molecule has 1 aliphatic carbocycles. The minimum absolute atomic E-state index is 0.182. The Hall–Kier alpha value is -2.73. The molecule has 0 saturated heterocycles. The van der Waals surface area contributed by atoms with Gasteiger partial charge in [-0.25, -0.2) is 0 Å². The van der Waals surface area contributed by atoms with E-state index in [2.05, 4.69) is 0 Å². The summed E-state index contributed by atoms with van der Waals surface area (Å²) < 4.78 is 16.6. The van der Waals surface area contributed by atoms with Gasteiger partial charge in [-0.3, -0.25) is 4.79 Å². The fourth-order valence-electron chi connectivity index (χ4n) is 3.35. The zero-order valence-electron chi connectivity index (χ0n) is 14.6. The summed E-state index contributed by atoms with van der Waals surface area (Å²) in [6.07, 6.45) is 1.43. The van der Waals surface area contributed by atoms with Gasteiger partial charge in [0.1, 0.15) is 0 Å². The summed E-state index contributed by atoms with van der Waals surface area (Å²) in [5.41, 5.74) is 15.6. The van der Waals surface area contributed by atoms with Crippen LogP contribution in [0.5, 0.6) is 17.2 Å². The molecule has 6 nitrogen and oxygen atoms in total. The Morgan fingerprint density at radius 1 is 1.04 bits per heavy atom. The SMILES string of the molecule is COc1cc2c(c(OC)c1OC)-c1ccc(N)c(=O)cc1C(N)CC2. The lowest BCUT2D eigenvalue weighted by atomic mass is 9.95. The van der Waals surface area contributed by atoms with E-state index in [4.69, 9.17) is 25.7 Å². The molecule has 1 unspecified atom stereocenters. The van der Waals surface area contributed by atoms with E-state index < -0.39 is 0 Å². The standard InChI is InChI=1S/C19H22N2O4/c1-23-16-8-10-4-6-13(20)12-9-15(22)14(21)7-5-11(12)17(10)19(25-3)18(16)24-2/h5,7-9,13H,4,6,20H2,1-3H3,(H2,21,22). The third kappa shape index (κ3) is 2.78. The Bertz CT molecular complexity index is 880. The monoisotopic (exact) mass is 342 g/mol. The summed E-state index contributed by atoms with van der Waals surface area (Å²) in [4.78, 5) is 12.2. The van der Waals surface area contributed by atoms with Crippen LogP contribution in [0, 0.1) is 0 Å². The van der Waals surface area contributed by atoms with Crippen molar-refractivity contribution in [3.63, 3.8) is 0 Å². The summed E-state index contributed by atoms with van der Waals surface area (Å²) in [6, 6.07) is 6.63. The zero-order chi connectivity index (χ0) is 18.1. The first-order chi connectivity index (χ1) is 12.0. The molecule has 25 heavy (non-hydrogen) atoms. The molecule has 1 aliphatic rings. The minimum atomic E-state index is -0.274. The van der Waals surface area contributed by atoms with Gasteiger partial charge in [0.25, 0.3) is 0 Å². The molecule has 132 valence electrons. The fourth-order valence-corrected chi connectivity index (χ4v) is 3.35. The van der Waals surface area contributed by atoms with Gasteiger partial charge in [-0.15, -0.1) is 0 Å². The molecule has 6 heteroatoms. The molecule has 1 atom stereocenters. The summed E-state index contributed by atoms with van der Waals surface area (Å²) in [6.45, 7) is 0. The van der Waals surface area contributed by atoms with Crippen LogP contribution in [0.15, 0.2) is 29.1 Å². The second-order valence-electron chi connectivity index (χ2n) is 5.99. The molecule has 0 heterocycles. The number of aryl methyl sites for hydroxylation is 1. The van der Waals surface area contributed by atoms with Crippen LogP contribution in [-0.4, -0.2) is 21.3 Å². The van der Waals surface area contributed by atoms with Gasteiger partial charge >= 0.3 is 0 Å². The highest BCUT2D eigenvalue weighted by atomic mass is 16.5. The van der Waals surface area contributed by atoms with E-state index in [0.717, 1.165) is 28.7 Å². The highest BCUT2D eigenvalue weighted by Crippen LogP contribution is 2.49. The molecule has 0 fully saturated rings. The molecular weight excluding hydrogens is 320 g/mol. The Labute approximate surface area is 146 Å². The number of fused-ring (bicyclic) bond motifs is 3. The van der Waals surface area contributed by atoms with Crippen molar-refractivity contribution in [2.24, 2.45) is 5.73 Å². The van der Waals surface area contributed by atoms with Crippen LogP contribution in [0.3, 0.4) is 0 Å². The van der Waals surface area contributed by atoms with Gasteiger partial charge in [-0.1, -0.05) is 6.07 Å². The largest absolute Gasteiger partial charge is 0.493 e. The summed E-state index contributed by atoms with van der Waals surface area (Å²) in [7, 11) is 4.73. The number of hydrogen-bond acceptors (Lipinski definition) is 6. The maximum Gasteiger partial charge on any atom is 0.203 e. The summed E-state index contributed by atoms with van der Waals surface area (Å²) in [5.74, 6) is 1.66. The molecule has 0 aromatic heterocycles. The molecule has 2 aromatic rings. The van der Waals surface area contributed by atoms with Crippen LogP contribution in [0.1, 0.15) is 23.6 Å². The average Bonchev–Trinajstić information content (AvgIpc) is 2.84. The van der Waals surface area contributed by atoms with E-state index in [9.17, 15) is 4.79 Å². The normalized spacial score (nSPS) is 15.6. The van der Waals surface area contributed by atoms with Gasteiger partial charge in [-0.05, 0) is 47.7 Å². The molecule has 0 bridgehead atoms. The summed E-state index contributed by atoms with van der Waals surface area (Å²) >= 11 is 0. The maximum absolute atomic E-state index is 12.2. The van der Waals surface area contributed by atoms with Gasteiger partial charge in [0, 0.05) is 11.6 Å². The number of nitrogens with two attached hydrogens (primary N) is 2. The quantitative estimate of drug-likeness (QED) is 0.888. The maximum atomic E-state index is 12.2. The second-order valence-corrected chi connectivity index (χ2v) is 5.99. The van der Waals surface area contributed by atoms with Crippen LogP contribution in [0.4, 0.5) is 5.69 Å². The van der Waals surface area contributed by atoms with Crippen LogP contribution in [-0.2, 0) is 6.42 Å². The van der Waals surface area contributed by atoms with Crippen LogP contribution < -0.4 is 31.1 Å². The van der Waals surface area contributed by atoms with Crippen molar-refractivity contribution in [3.8, 4) is 28.4 Å². The second kappa shape index (κ2) is 6.64. The van der Waals surface area contributed by atoms with Gasteiger partial charge in [0.15, 0.2) is 11.5 Å². The van der Waals surface area contributed by atoms with E-state index in [0.29, 0.717) is 23.7 Å². The third-order valence-electron chi connectivity index (χ3n) is 4.62. The van der Waals surface area contributed by atoms with Crippen molar-refractivity contribution in [1.29, 1.82) is 0 Å².